The van der Waals surface area contributed by atoms with Gasteiger partial charge in [-0.1, -0.05) is 6.92 Å². The summed E-state index contributed by atoms with van der Waals surface area (Å²) in [4.78, 5) is 13.8. The van der Waals surface area contributed by atoms with E-state index in [0.717, 1.165) is 0 Å². The van der Waals surface area contributed by atoms with Crippen molar-refractivity contribution in [1.29, 1.82) is 0 Å². The van der Waals surface area contributed by atoms with Gasteiger partial charge in [-0.25, -0.2) is 0 Å². The van der Waals surface area contributed by atoms with Crippen molar-refractivity contribution in [3.05, 3.63) is 10.1 Å². The van der Waals surface area contributed by atoms with Crippen molar-refractivity contribution in [2.45, 2.75) is 19.4 Å². The van der Waals surface area contributed by atoms with Crippen LogP contribution in [0.3, 0.4) is 0 Å². The molecule has 0 saturated heterocycles. The van der Waals surface area contributed by atoms with Crippen LogP contribution in [0.2, 0.25) is 0 Å². The minimum Gasteiger partial charge on any atom is -0.328 e. The first kappa shape index (κ1) is 8.16. The first-order valence-corrected chi connectivity index (χ1v) is 2.72. The third kappa shape index (κ3) is 3.72. The van der Waals surface area contributed by atoms with E-state index in [2.05, 4.69) is 4.84 Å². The Morgan fingerprint density at radius 3 is 2.56 bits per heavy atom. The second-order valence-corrected chi connectivity index (χ2v) is 1.59. The van der Waals surface area contributed by atoms with Crippen molar-refractivity contribution in [3.63, 3.8) is 0 Å². The standard InChI is InChI=1S/C4H10N2O3/c1-2-4(3-5)9-6(7)8/h4H,2-3,5H2,1H3. The van der Waals surface area contributed by atoms with Crippen molar-refractivity contribution in [3.8, 4) is 0 Å². The molecule has 0 radical (unpaired) electrons. The molecule has 0 aromatic carbocycles. The molecule has 1 atom stereocenters. The number of hydrogen-bond donors (Lipinski definition) is 1. The Bertz CT molecular complexity index is 91.8. The maximum atomic E-state index is 9.66. The fourth-order valence-corrected chi connectivity index (χ4v) is 0.406. The average molecular weight is 134 g/mol. The smallest absolute Gasteiger partial charge is 0.294 e. The zero-order valence-electron chi connectivity index (χ0n) is 5.24. The maximum absolute atomic E-state index is 9.66. The molecule has 9 heavy (non-hydrogen) atoms. The fourth-order valence-electron chi connectivity index (χ4n) is 0.406. The molecule has 0 aromatic heterocycles. The molecule has 0 saturated carbocycles. The SMILES string of the molecule is CCC(CN)O[N+](=O)[O-]. The monoisotopic (exact) mass is 134 g/mol. The van der Waals surface area contributed by atoms with Crippen LogP contribution in [-0.4, -0.2) is 17.7 Å². The molecule has 0 aliphatic heterocycles. The van der Waals surface area contributed by atoms with Gasteiger partial charge in [0.1, 0.15) is 6.10 Å². The summed E-state index contributed by atoms with van der Waals surface area (Å²) in [6.07, 6.45) is 0.122. The Hall–Kier alpha value is -0.840. The molecule has 2 N–H and O–H groups in total. The second kappa shape index (κ2) is 4.08. The number of rotatable bonds is 4. The fraction of sp³-hybridized carbons (Fsp3) is 1.00. The van der Waals surface area contributed by atoms with Gasteiger partial charge >= 0.3 is 0 Å². The van der Waals surface area contributed by atoms with E-state index in [0.29, 0.717) is 6.42 Å². The molecule has 54 valence electrons. The lowest BCUT2D eigenvalue weighted by Crippen LogP contribution is -2.25. The quantitative estimate of drug-likeness (QED) is 0.431. The summed E-state index contributed by atoms with van der Waals surface area (Å²) >= 11 is 0. The minimum atomic E-state index is -0.818. The normalized spacial score (nSPS) is 12.7. The Kier molecular flexibility index (Phi) is 3.70. The average Bonchev–Trinajstić information content (AvgIpc) is 1.82. The van der Waals surface area contributed by atoms with Crippen molar-refractivity contribution in [2.75, 3.05) is 6.54 Å². The summed E-state index contributed by atoms with van der Waals surface area (Å²) in [5.74, 6) is 0. The number of nitrogens with zero attached hydrogens (tertiary/aromatic N) is 1. The largest absolute Gasteiger partial charge is 0.328 e. The van der Waals surface area contributed by atoms with Crippen LogP contribution < -0.4 is 5.73 Å². The van der Waals surface area contributed by atoms with E-state index in [-0.39, 0.29) is 6.54 Å². The van der Waals surface area contributed by atoms with Crippen LogP contribution in [-0.2, 0) is 4.84 Å². The third-order valence-electron chi connectivity index (χ3n) is 0.953. The van der Waals surface area contributed by atoms with Gasteiger partial charge in [-0.15, -0.1) is 10.1 Å². The summed E-state index contributed by atoms with van der Waals surface area (Å²) in [6.45, 7) is 1.97. The number of hydrogen-bond acceptors (Lipinski definition) is 4. The van der Waals surface area contributed by atoms with Crippen molar-refractivity contribution >= 4 is 0 Å². The van der Waals surface area contributed by atoms with Gasteiger partial charge in [-0.2, -0.15) is 0 Å². The summed E-state index contributed by atoms with van der Waals surface area (Å²) in [7, 11) is 0. The van der Waals surface area contributed by atoms with Crippen LogP contribution in [0.4, 0.5) is 0 Å². The van der Waals surface area contributed by atoms with Crippen LogP contribution in [0.25, 0.3) is 0 Å². The highest BCUT2D eigenvalue weighted by molar-refractivity contribution is 4.50. The molecular weight excluding hydrogens is 124 g/mol. The molecule has 0 spiro atoms. The number of nitrogens with two attached hydrogens (primary N) is 1. The van der Waals surface area contributed by atoms with Crippen molar-refractivity contribution in [1.82, 2.24) is 0 Å². The highest BCUT2D eigenvalue weighted by atomic mass is 17.0. The molecule has 1 unspecified atom stereocenters. The molecule has 0 aliphatic carbocycles. The van der Waals surface area contributed by atoms with E-state index in [1.54, 1.807) is 6.92 Å². The van der Waals surface area contributed by atoms with E-state index in [9.17, 15) is 10.1 Å². The zero-order chi connectivity index (χ0) is 7.28. The molecule has 0 aromatic rings. The van der Waals surface area contributed by atoms with Crippen LogP contribution in [0.5, 0.6) is 0 Å². The Labute approximate surface area is 52.9 Å². The summed E-state index contributed by atoms with van der Waals surface area (Å²) in [5.41, 5.74) is 5.10. The minimum absolute atomic E-state index is 0.192. The van der Waals surface area contributed by atoms with Crippen LogP contribution in [0, 0.1) is 10.1 Å². The summed E-state index contributed by atoms with van der Waals surface area (Å²) in [6, 6.07) is 0. The molecule has 5 nitrogen and oxygen atoms in total. The zero-order valence-corrected chi connectivity index (χ0v) is 5.24. The third-order valence-corrected chi connectivity index (χ3v) is 0.953. The molecule has 0 aliphatic rings. The van der Waals surface area contributed by atoms with Gasteiger partial charge in [0.05, 0.1) is 0 Å². The highest BCUT2D eigenvalue weighted by Crippen LogP contribution is 1.93. The van der Waals surface area contributed by atoms with Gasteiger partial charge in [0.15, 0.2) is 0 Å². The Morgan fingerprint density at radius 1 is 1.89 bits per heavy atom. The van der Waals surface area contributed by atoms with Gasteiger partial charge in [0.2, 0.25) is 0 Å². The Morgan fingerprint density at radius 2 is 2.44 bits per heavy atom. The summed E-state index contributed by atoms with van der Waals surface area (Å²) < 4.78 is 0. The molecule has 0 amide bonds. The highest BCUT2D eigenvalue weighted by Gasteiger charge is 2.06. The van der Waals surface area contributed by atoms with Gasteiger partial charge < -0.3 is 10.6 Å². The predicted octanol–water partition coefficient (Wildman–Crippen LogP) is -0.0680. The van der Waals surface area contributed by atoms with Crippen molar-refractivity contribution in [2.24, 2.45) is 5.73 Å². The maximum Gasteiger partial charge on any atom is 0.294 e. The molecule has 0 rings (SSSR count). The predicted molar refractivity (Wildman–Crippen MR) is 31.2 cm³/mol. The van der Waals surface area contributed by atoms with Gasteiger partial charge in [-0.3, -0.25) is 0 Å². The van der Waals surface area contributed by atoms with Crippen LogP contribution >= 0.6 is 0 Å². The molecule has 0 heterocycles. The van der Waals surface area contributed by atoms with Crippen LogP contribution in [0.15, 0.2) is 0 Å². The van der Waals surface area contributed by atoms with E-state index >= 15 is 0 Å². The van der Waals surface area contributed by atoms with Gasteiger partial charge in [-0.05, 0) is 6.42 Å². The Balaban J connectivity index is 3.43. The lowest BCUT2D eigenvalue weighted by Gasteiger charge is -2.07. The molecular formula is C4H10N2O3. The van der Waals surface area contributed by atoms with Crippen molar-refractivity contribution < 1.29 is 9.92 Å². The lowest BCUT2D eigenvalue weighted by molar-refractivity contribution is -0.768. The topological polar surface area (TPSA) is 78.4 Å². The lowest BCUT2D eigenvalue weighted by atomic mass is 10.3. The van der Waals surface area contributed by atoms with Gasteiger partial charge in [0.25, 0.3) is 5.09 Å². The van der Waals surface area contributed by atoms with Gasteiger partial charge in [0, 0.05) is 6.54 Å². The second-order valence-electron chi connectivity index (χ2n) is 1.59. The first-order valence-electron chi connectivity index (χ1n) is 2.72. The van der Waals surface area contributed by atoms with E-state index in [1.807, 2.05) is 0 Å². The first-order chi connectivity index (χ1) is 4.20. The molecule has 5 heteroatoms. The van der Waals surface area contributed by atoms with E-state index in [4.69, 9.17) is 5.73 Å². The summed E-state index contributed by atoms with van der Waals surface area (Å²) in [5, 5.41) is 8.84. The molecule has 0 bridgehead atoms. The van der Waals surface area contributed by atoms with E-state index < -0.39 is 11.2 Å². The van der Waals surface area contributed by atoms with E-state index in [1.165, 1.54) is 0 Å². The van der Waals surface area contributed by atoms with Crippen LogP contribution in [0.1, 0.15) is 13.3 Å². The molecule has 0 fully saturated rings.